The molecule has 0 saturated carbocycles. The molecule has 7 heteroatoms. The molecule has 4 rings (SSSR count). The zero-order valence-corrected chi connectivity index (χ0v) is 18.4. The van der Waals surface area contributed by atoms with Crippen molar-refractivity contribution in [1.82, 2.24) is 0 Å². The Labute approximate surface area is 187 Å². The largest absolute Gasteiger partial charge is 0.490 e. The fourth-order valence-corrected chi connectivity index (χ4v) is 4.54. The zero-order chi connectivity index (χ0) is 22.3. The molecular formula is C24H29ClO6. The quantitative estimate of drug-likeness (QED) is 0.573. The van der Waals surface area contributed by atoms with Crippen LogP contribution in [0.25, 0.3) is 0 Å². The van der Waals surface area contributed by atoms with Crippen LogP contribution < -0.4 is 4.74 Å². The van der Waals surface area contributed by atoms with E-state index in [9.17, 15) is 20.4 Å². The molecule has 2 aliphatic rings. The summed E-state index contributed by atoms with van der Waals surface area (Å²) in [6.45, 7) is 3.81. The number of rotatable bonds is 4. The van der Waals surface area contributed by atoms with E-state index in [4.69, 9.17) is 21.1 Å². The van der Waals surface area contributed by atoms with E-state index in [1.54, 1.807) is 12.1 Å². The maximum atomic E-state index is 10.4. The second-order valence-corrected chi connectivity index (χ2v) is 9.13. The lowest BCUT2D eigenvalue weighted by Crippen LogP contribution is -2.55. The number of aliphatic hydroxyl groups excluding tert-OH is 4. The molecule has 0 aromatic heterocycles. The van der Waals surface area contributed by atoms with Crippen molar-refractivity contribution < 1.29 is 29.9 Å². The minimum Gasteiger partial charge on any atom is -0.490 e. The average molecular weight is 449 g/mol. The topological polar surface area (TPSA) is 99.4 Å². The lowest BCUT2D eigenvalue weighted by atomic mass is 9.89. The molecule has 0 bridgehead atoms. The Morgan fingerprint density at radius 2 is 1.77 bits per heavy atom. The van der Waals surface area contributed by atoms with Gasteiger partial charge >= 0.3 is 0 Å². The van der Waals surface area contributed by atoms with E-state index in [0.29, 0.717) is 22.9 Å². The molecular weight excluding hydrogens is 420 g/mol. The Hall–Kier alpha value is -1.67. The highest BCUT2D eigenvalue weighted by molar-refractivity contribution is 6.31. The van der Waals surface area contributed by atoms with Crippen LogP contribution in [-0.4, -0.2) is 57.6 Å². The molecule has 1 fully saturated rings. The Morgan fingerprint density at radius 1 is 1.00 bits per heavy atom. The number of fused-ring (bicyclic) bond motifs is 1. The molecule has 0 aliphatic carbocycles. The predicted octanol–water partition coefficient (Wildman–Crippen LogP) is 2.41. The van der Waals surface area contributed by atoms with Gasteiger partial charge in [0.1, 0.15) is 36.3 Å². The van der Waals surface area contributed by atoms with Crippen LogP contribution in [0.2, 0.25) is 5.02 Å². The molecule has 168 valence electrons. The van der Waals surface area contributed by atoms with Crippen LogP contribution in [0, 0.1) is 5.92 Å². The van der Waals surface area contributed by atoms with Crippen molar-refractivity contribution in [2.45, 2.75) is 63.3 Å². The smallest absolute Gasteiger partial charge is 0.122 e. The number of aliphatic hydroxyl groups is 4. The number of halogens is 1. The Morgan fingerprint density at radius 3 is 2.52 bits per heavy atom. The SMILES string of the molecule is CC1Oc2ccc(Cc3cc([C@@H]4O[C@H](CO)[C@@H](O)[C@H](O)[C@H]4O)ccc3Cl)cc2C[C@@H]1C. The third-order valence-electron chi connectivity index (χ3n) is 6.47. The molecule has 6 nitrogen and oxygen atoms in total. The predicted molar refractivity (Wildman–Crippen MR) is 116 cm³/mol. The Balaban J connectivity index is 1.58. The summed E-state index contributed by atoms with van der Waals surface area (Å²) in [7, 11) is 0. The normalized spacial score (nSPS) is 32.9. The fraction of sp³-hybridized carbons (Fsp3) is 0.500. The Bertz CT molecular complexity index is 932. The molecule has 0 radical (unpaired) electrons. The lowest BCUT2D eigenvalue weighted by Gasteiger charge is -2.40. The van der Waals surface area contributed by atoms with Crippen molar-refractivity contribution in [3.63, 3.8) is 0 Å². The van der Waals surface area contributed by atoms with Gasteiger partial charge in [0.25, 0.3) is 0 Å². The summed E-state index contributed by atoms with van der Waals surface area (Å²) in [5, 5.41) is 40.6. The number of ether oxygens (including phenoxy) is 2. The van der Waals surface area contributed by atoms with Gasteiger partial charge in [-0.15, -0.1) is 0 Å². The van der Waals surface area contributed by atoms with Gasteiger partial charge < -0.3 is 29.9 Å². The molecule has 2 aliphatic heterocycles. The molecule has 1 saturated heterocycles. The molecule has 31 heavy (non-hydrogen) atoms. The van der Waals surface area contributed by atoms with E-state index >= 15 is 0 Å². The summed E-state index contributed by atoms with van der Waals surface area (Å²) in [6.07, 6.45) is -4.21. The third-order valence-corrected chi connectivity index (χ3v) is 6.83. The van der Waals surface area contributed by atoms with Crippen molar-refractivity contribution in [3.8, 4) is 5.75 Å². The first-order chi connectivity index (χ1) is 14.8. The van der Waals surface area contributed by atoms with Crippen LogP contribution in [0.5, 0.6) is 5.75 Å². The van der Waals surface area contributed by atoms with Gasteiger partial charge in [-0.25, -0.2) is 0 Å². The second kappa shape index (κ2) is 9.06. The summed E-state index contributed by atoms with van der Waals surface area (Å²) in [5.74, 6) is 1.37. The van der Waals surface area contributed by atoms with Gasteiger partial charge in [0.15, 0.2) is 0 Å². The third kappa shape index (κ3) is 4.46. The molecule has 1 unspecified atom stereocenters. The van der Waals surface area contributed by atoms with Crippen LogP contribution in [0.1, 0.15) is 42.2 Å². The van der Waals surface area contributed by atoms with E-state index in [-0.39, 0.29) is 6.10 Å². The number of benzene rings is 2. The van der Waals surface area contributed by atoms with E-state index < -0.39 is 37.1 Å². The fourth-order valence-electron chi connectivity index (χ4n) is 4.35. The molecule has 4 N–H and O–H groups in total. The maximum Gasteiger partial charge on any atom is 0.122 e. The highest BCUT2D eigenvalue weighted by Gasteiger charge is 2.44. The number of hydrogen-bond acceptors (Lipinski definition) is 6. The zero-order valence-electron chi connectivity index (χ0n) is 17.6. The van der Waals surface area contributed by atoms with Crippen molar-refractivity contribution in [3.05, 3.63) is 63.7 Å². The molecule has 0 amide bonds. The summed E-state index contributed by atoms with van der Waals surface area (Å²) in [5.41, 5.74) is 3.76. The van der Waals surface area contributed by atoms with E-state index in [1.807, 2.05) is 18.2 Å². The Kier molecular flexibility index (Phi) is 6.58. The van der Waals surface area contributed by atoms with E-state index in [0.717, 1.165) is 23.3 Å². The van der Waals surface area contributed by atoms with Gasteiger partial charge in [-0.1, -0.05) is 42.8 Å². The van der Waals surface area contributed by atoms with Crippen LogP contribution in [0.3, 0.4) is 0 Å². The molecule has 7 atom stereocenters. The van der Waals surface area contributed by atoms with Crippen molar-refractivity contribution in [2.24, 2.45) is 5.92 Å². The second-order valence-electron chi connectivity index (χ2n) is 8.72. The summed E-state index contributed by atoms with van der Waals surface area (Å²) in [6, 6.07) is 11.5. The minimum absolute atomic E-state index is 0.197. The van der Waals surface area contributed by atoms with Gasteiger partial charge in [0, 0.05) is 5.02 Å². The molecule has 2 heterocycles. The van der Waals surface area contributed by atoms with Crippen molar-refractivity contribution >= 4 is 11.6 Å². The van der Waals surface area contributed by atoms with Gasteiger partial charge in [0.2, 0.25) is 0 Å². The summed E-state index contributed by atoms with van der Waals surface area (Å²) >= 11 is 6.46. The lowest BCUT2D eigenvalue weighted by molar-refractivity contribution is -0.231. The van der Waals surface area contributed by atoms with Crippen LogP contribution in [-0.2, 0) is 17.6 Å². The standard InChI is InChI=1S/C24H29ClO6/c1-12-7-17-9-14(3-6-19(17)30-13(12)2)8-16-10-15(4-5-18(16)25)24-23(29)22(28)21(27)20(11-26)31-24/h3-6,9-10,12-13,20-24,26-29H,7-8,11H2,1-2H3/t12-,13?,20+,21+,22-,23+,24-/m0/s1. The summed E-state index contributed by atoms with van der Waals surface area (Å²) < 4.78 is 11.7. The highest BCUT2D eigenvalue weighted by atomic mass is 35.5. The highest BCUT2D eigenvalue weighted by Crippen LogP contribution is 2.35. The van der Waals surface area contributed by atoms with Gasteiger partial charge in [-0.2, -0.15) is 0 Å². The molecule has 2 aromatic carbocycles. The monoisotopic (exact) mass is 448 g/mol. The van der Waals surface area contributed by atoms with Gasteiger partial charge in [-0.05, 0) is 60.1 Å². The summed E-state index contributed by atoms with van der Waals surface area (Å²) in [4.78, 5) is 0. The maximum absolute atomic E-state index is 10.4. The first-order valence-electron chi connectivity index (χ1n) is 10.7. The first kappa shape index (κ1) is 22.5. The molecule has 2 aromatic rings. The van der Waals surface area contributed by atoms with Crippen LogP contribution >= 0.6 is 11.6 Å². The first-order valence-corrected chi connectivity index (χ1v) is 11.0. The van der Waals surface area contributed by atoms with Crippen LogP contribution in [0.15, 0.2) is 36.4 Å². The van der Waals surface area contributed by atoms with Crippen molar-refractivity contribution in [1.29, 1.82) is 0 Å². The molecule has 0 spiro atoms. The number of hydrogen-bond donors (Lipinski definition) is 4. The van der Waals surface area contributed by atoms with Gasteiger partial charge in [-0.3, -0.25) is 0 Å². The van der Waals surface area contributed by atoms with E-state index in [2.05, 4.69) is 19.9 Å². The van der Waals surface area contributed by atoms with Crippen molar-refractivity contribution in [2.75, 3.05) is 6.61 Å². The van der Waals surface area contributed by atoms with E-state index in [1.165, 1.54) is 5.56 Å². The minimum atomic E-state index is -1.42. The average Bonchev–Trinajstić information content (AvgIpc) is 2.75. The van der Waals surface area contributed by atoms with Gasteiger partial charge in [0.05, 0.1) is 12.7 Å². The van der Waals surface area contributed by atoms with Crippen LogP contribution in [0.4, 0.5) is 0 Å².